The van der Waals surface area contributed by atoms with Gasteiger partial charge in [0.15, 0.2) is 0 Å². The predicted molar refractivity (Wildman–Crippen MR) is 100 cm³/mol. The number of carbonyl (C=O) groups excluding carboxylic acids is 2. The highest BCUT2D eigenvalue weighted by molar-refractivity contribution is 7.17. The highest BCUT2D eigenvalue weighted by atomic mass is 32.1. The van der Waals surface area contributed by atoms with Gasteiger partial charge in [0.05, 0.1) is 10.5 Å². The summed E-state index contributed by atoms with van der Waals surface area (Å²) in [5, 5.41) is 14.0. The van der Waals surface area contributed by atoms with E-state index in [1.807, 2.05) is 0 Å². The van der Waals surface area contributed by atoms with Gasteiger partial charge < -0.3 is 11.1 Å². The smallest absolute Gasteiger partial charge is 0.334 e. The molecule has 0 fully saturated rings. The van der Waals surface area contributed by atoms with Crippen LogP contribution in [0.1, 0.15) is 39.3 Å². The number of rotatable bonds is 5. The number of nitrogens with zero attached hydrogens (tertiary/aromatic N) is 2. The Labute approximate surface area is 157 Å². The molecule has 0 unspecified atom stereocenters. The molecule has 0 atom stereocenters. The van der Waals surface area contributed by atoms with Gasteiger partial charge in [0, 0.05) is 16.6 Å². The Morgan fingerprint density at radius 2 is 2.04 bits per heavy atom. The van der Waals surface area contributed by atoms with Gasteiger partial charge in [0.2, 0.25) is 5.91 Å². The number of aryl methyl sites for hydroxylation is 2. The van der Waals surface area contributed by atoms with E-state index >= 15 is 0 Å². The molecule has 2 aromatic heterocycles. The standard InChI is InChI=1S/C17H18N4O5S/c1-9-6-7-11(21(25)26)17(24)20(9)8-13(22)19-16-14(15(18)23)10-4-2-3-5-12(10)27-16/h6-7H,2-5,8H2,1H3,(H2,18,23)(H,19,22). The molecule has 3 N–H and O–H groups in total. The summed E-state index contributed by atoms with van der Waals surface area (Å²) in [5.74, 6) is -1.16. The molecule has 0 spiro atoms. The van der Waals surface area contributed by atoms with Crippen LogP contribution >= 0.6 is 11.3 Å². The van der Waals surface area contributed by atoms with Gasteiger partial charge in [-0.1, -0.05) is 0 Å². The van der Waals surface area contributed by atoms with E-state index in [0.29, 0.717) is 16.3 Å². The Hall–Kier alpha value is -3.01. The summed E-state index contributed by atoms with van der Waals surface area (Å²) >= 11 is 1.32. The second kappa shape index (κ2) is 7.31. The molecule has 3 rings (SSSR count). The molecule has 0 saturated carbocycles. The number of anilines is 1. The first kappa shape index (κ1) is 18.8. The number of hydrogen-bond acceptors (Lipinski definition) is 6. The maximum atomic E-state index is 12.5. The Morgan fingerprint density at radius 3 is 2.70 bits per heavy atom. The number of fused-ring (bicyclic) bond motifs is 1. The number of pyridine rings is 1. The summed E-state index contributed by atoms with van der Waals surface area (Å²) < 4.78 is 1.03. The number of nitro groups is 1. The second-order valence-electron chi connectivity index (χ2n) is 6.34. The van der Waals surface area contributed by atoms with Crippen molar-refractivity contribution in [3.63, 3.8) is 0 Å². The summed E-state index contributed by atoms with van der Waals surface area (Å²) in [6.45, 7) is 1.18. The van der Waals surface area contributed by atoms with Gasteiger partial charge in [-0.25, -0.2) is 0 Å². The SMILES string of the molecule is Cc1ccc([N+](=O)[O-])c(=O)n1CC(=O)Nc1sc2c(c1C(N)=O)CCCC2. The van der Waals surface area contributed by atoms with Crippen molar-refractivity contribution in [2.45, 2.75) is 39.2 Å². The minimum atomic E-state index is -0.851. The fourth-order valence-corrected chi connectivity index (χ4v) is 4.53. The lowest BCUT2D eigenvalue weighted by Gasteiger charge is -2.11. The molecule has 1 aliphatic carbocycles. The number of carbonyl (C=O) groups is 2. The van der Waals surface area contributed by atoms with Gasteiger partial charge in [-0.2, -0.15) is 0 Å². The monoisotopic (exact) mass is 390 g/mol. The predicted octanol–water partition coefficient (Wildman–Crippen LogP) is 1.74. The van der Waals surface area contributed by atoms with Gasteiger partial charge in [-0.3, -0.25) is 29.1 Å². The van der Waals surface area contributed by atoms with Gasteiger partial charge >= 0.3 is 11.2 Å². The van der Waals surface area contributed by atoms with Crippen molar-refractivity contribution in [1.82, 2.24) is 4.57 Å². The quantitative estimate of drug-likeness (QED) is 0.592. The fourth-order valence-electron chi connectivity index (χ4n) is 3.22. The maximum Gasteiger partial charge on any atom is 0.334 e. The molecule has 9 nitrogen and oxygen atoms in total. The van der Waals surface area contributed by atoms with Gasteiger partial charge in [0.1, 0.15) is 11.5 Å². The fraction of sp³-hybridized carbons (Fsp3) is 0.353. The second-order valence-corrected chi connectivity index (χ2v) is 7.44. The van der Waals surface area contributed by atoms with Crippen LogP contribution < -0.4 is 16.6 Å². The minimum Gasteiger partial charge on any atom is -0.365 e. The molecule has 0 bridgehead atoms. The lowest BCUT2D eigenvalue weighted by Crippen LogP contribution is -2.30. The number of aromatic nitrogens is 1. The third-order valence-electron chi connectivity index (χ3n) is 4.54. The molecule has 2 aromatic rings. The number of amides is 2. The average molecular weight is 390 g/mol. The van der Waals surface area contributed by atoms with Crippen molar-refractivity contribution >= 4 is 33.8 Å². The normalized spacial score (nSPS) is 13.1. The number of nitrogens with one attached hydrogen (secondary N) is 1. The van der Waals surface area contributed by atoms with E-state index in [2.05, 4.69) is 5.32 Å². The zero-order valence-corrected chi connectivity index (χ0v) is 15.4. The molecule has 0 aliphatic heterocycles. The number of thiophene rings is 1. The molecule has 0 aromatic carbocycles. The van der Waals surface area contributed by atoms with E-state index in [1.54, 1.807) is 6.92 Å². The Bertz CT molecular complexity index is 1010. The van der Waals surface area contributed by atoms with Gasteiger partial charge in [-0.05, 0) is 44.2 Å². The molecule has 0 radical (unpaired) electrons. The average Bonchev–Trinajstić information content (AvgIpc) is 2.96. The van der Waals surface area contributed by atoms with Crippen LogP contribution in [0.4, 0.5) is 10.7 Å². The van der Waals surface area contributed by atoms with Crippen LogP contribution in [-0.2, 0) is 24.2 Å². The first-order valence-electron chi connectivity index (χ1n) is 8.38. The Balaban J connectivity index is 1.89. The van der Waals surface area contributed by atoms with Crippen LogP contribution in [-0.4, -0.2) is 21.3 Å². The molecule has 0 saturated heterocycles. The first-order valence-corrected chi connectivity index (χ1v) is 9.20. The Kier molecular flexibility index (Phi) is 5.08. The summed E-state index contributed by atoms with van der Waals surface area (Å²) in [6.07, 6.45) is 3.55. The molecule has 142 valence electrons. The Morgan fingerprint density at radius 1 is 1.33 bits per heavy atom. The lowest BCUT2D eigenvalue weighted by atomic mass is 9.95. The zero-order valence-electron chi connectivity index (χ0n) is 14.6. The summed E-state index contributed by atoms with van der Waals surface area (Å²) in [4.78, 5) is 47.8. The van der Waals surface area contributed by atoms with Crippen LogP contribution in [0.15, 0.2) is 16.9 Å². The topological polar surface area (TPSA) is 137 Å². The number of nitrogens with two attached hydrogens (primary N) is 1. The summed E-state index contributed by atoms with van der Waals surface area (Å²) in [5.41, 5.74) is 5.68. The minimum absolute atomic E-state index is 0.325. The van der Waals surface area contributed by atoms with Crippen molar-refractivity contribution in [2.24, 2.45) is 5.73 Å². The van der Waals surface area contributed by atoms with Crippen molar-refractivity contribution in [2.75, 3.05) is 5.32 Å². The molecule has 2 heterocycles. The van der Waals surface area contributed by atoms with Gasteiger partial charge in [-0.15, -0.1) is 11.3 Å². The van der Waals surface area contributed by atoms with Crippen molar-refractivity contribution in [1.29, 1.82) is 0 Å². The van der Waals surface area contributed by atoms with Crippen LogP contribution in [0.5, 0.6) is 0 Å². The molecule has 1 aliphatic rings. The van der Waals surface area contributed by atoms with E-state index < -0.39 is 34.5 Å². The van der Waals surface area contributed by atoms with Crippen molar-refractivity contribution in [3.05, 3.63) is 54.3 Å². The number of hydrogen-bond donors (Lipinski definition) is 2. The van der Waals surface area contributed by atoms with E-state index in [-0.39, 0.29) is 0 Å². The number of primary amides is 1. The van der Waals surface area contributed by atoms with Crippen molar-refractivity contribution < 1.29 is 14.5 Å². The third-order valence-corrected chi connectivity index (χ3v) is 5.75. The van der Waals surface area contributed by atoms with Crippen LogP contribution in [0.25, 0.3) is 0 Å². The largest absolute Gasteiger partial charge is 0.365 e. The molecule has 10 heteroatoms. The molecule has 27 heavy (non-hydrogen) atoms. The van der Waals surface area contributed by atoms with E-state index in [1.165, 1.54) is 17.4 Å². The zero-order chi connectivity index (χ0) is 19.7. The van der Waals surface area contributed by atoms with E-state index in [0.717, 1.165) is 46.8 Å². The molecular formula is C17H18N4O5S. The van der Waals surface area contributed by atoms with Crippen molar-refractivity contribution in [3.8, 4) is 0 Å². The van der Waals surface area contributed by atoms with Crippen LogP contribution in [0.3, 0.4) is 0 Å². The molecular weight excluding hydrogens is 372 g/mol. The van der Waals surface area contributed by atoms with E-state index in [9.17, 15) is 24.5 Å². The van der Waals surface area contributed by atoms with Crippen LogP contribution in [0, 0.1) is 17.0 Å². The third kappa shape index (κ3) is 3.61. The van der Waals surface area contributed by atoms with Gasteiger partial charge in [0.25, 0.3) is 5.91 Å². The maximum absolute atomic E-state index is 12.5. The summed E-state index contributed by atoms with van der Waals surface area (Å²) in [7, 11) is 0. The highest BCUT2D eigenvalue weighted by Gasteiger charge is 2.25. The van der Waals surface area contributed by atoms with Crippen LogP contribution in [0.2, 0.25) is 0 Å². The molecule has 2 amide bonds. The first-order chi connectivity index (χ1) is 12.8. The summed E-state index contributed by atoms with van der Waals surface area (Å²) in [6, 6.07) is 2.52. The lowest BCUT2D eigenvalue weighted by molar-refractivity contribution is -0.386. The van der Waals surface area contributed by atoms with E-state index in [4.69, 9.17) is 5.73 Å². The highest BCUT2D eigenvalue weighted by Crippen LogP contribution is 2.37.